The summed E-state index contributed by atoms with van der Waals surface area (Å²) >= 11 is 6.47. The number of hydrogen-bond donors (Lipinski definition) is 1. The van der Waals surface area contributed by atoms with E-state index in [0.29, 0.717) is 31.0 Å². The molecular formula is C26H33ClF2N4O3. The van der Waals surface area contributed by atoms with Crippen LogP contribution in [0, 0.1) is 0 Å². The summed E-state index contributed by atoms with van der Waals surface area (Å²) in [5.74, 6) is -3.60. The molecule has 1 saturated heterocycles. The smallest absolute Gasteiger partial charge is 0.307 e. The fourth-order valence-corrected chi connectivity index (χ4v) is 5.38. The molecule has 0 radical (unpaired) electrons. The van der Waals surface area contributed by atoms with Gasteiger partial charge in [0.2, 0.25) is 0 Å². The zero-order valence-electron chi connectivity index (χ0n) is 20.5. The number of methoxy groups -OCH3 is 1. The Labute approximate surface area is 215 Å². The minimum absolute atomic E-state index is 0.0484. The average Bonchev–Trinajstić information content (AvgIpc) is 3.52. The van der Waals surface area contributed by atoms with Gasteiger partial charge in [0.1, 0.15) is 0 Å². The standard InChI is InChI=1S/C26H33ClF2N4O3/c1-36-24(34)15-18(11-14-32-13-6-12-26(28,29)17-32)30-25(35)22-16-23(20-9-4-5-10-21(20)27)33(31-22)19-7-2-3-8-19/h4-5,9-10,16,18-19H,2-3,6-8,11-15,17H2,1H3,(H,30,35). The lowest BCUT2D eigenvalue weighted by Gasteiger charge is -2.33. The molecule has 1 atom stereocenters. The molecule has 2 heterocycles. The van der Waals surface area contributed by atoms with E-state index in [1.807, 2.05) is 22.9 Å². The maximum Gasteiger partial charge on any atom is 0.307 e. The molecule has 4 rings (SSSR count). The highest BCUT2D eigenvalue weighted by Crippen LogP contribution is 2.36. The third-order valence-corrected chi connectivity index (χ3v) is 7.36. The average molecular weight is 523 g/mol. The van der Waals surface area contributed by atoms with Crippen molar-refractivity contribution in [3.8, 4) is 11.3 Å². The number of alkyl halides is 2. The first kappa shape index (κ1) is 26.5. The monoisotopic (exact) mass is 522 g/mol. The van der Waals surface area contributed by atoms with Crippen molar-refractivity contribution in [1.29, 1.82) is 0 Å². The van der Waals surface area contributed by atoms with Gasteiger partial charge in [0.25, 0.3) is 11.8 Å². The molecule has 10 heteroatoms. The first-order valence-electron chi connectivity index (χ1n) is 12.6. The quantitative estimate of drug-likeness (QED) is 0.464. The van der Waals surface area contributed by atoms with Crippen molar-refractivity contribution in [1.82, 2.24) is 20.0 Å². The van der Waals surface area contributed by atoms with Crippen molar-refractivity contribution in [2.75, 3.05) is 26.7 Å². The number of carbonyl (C=O) groups is 2. The van der Waals surface area contributed by atoms with E-state index in [2.05, 4.69) is 10.4 Å². The van der Waals surface area contributed by atoms with Crippen LogP contribution in [0.2, 0.25) is 5.02 Å². The van der Waals surface area contributed by atoms with Crippen LogP contribution in [0.25, 0.3) is 11.3 Å². The highest BCUT2D eigenvalue weighted by Gasteiger charge is 2.35. The van der Waals surface area contributed by atoms with E-state index < -0.39 is 23.8 Å². The minimum Gasteiger partial charge on any atom is -0.469 e. The van der Waals surface area contributed by atoms with Crippen LogP contribution in [0.3, 0.4) is 0 Å². The highest BCUT2D eigenvalue weighted by molar-refractivity contribution is 6.33. The fraction of sp³-hybridized carbons (Fsp3) is 0.577. The largest absolute Gasteiger partial charge is 0.469 e. The Morgan fingerprint density at radius 3 is 2.69 bits per heavy atom. The molecule has 0 bridgehead atoms. The lowest BCUT2D eigenvalue weighted by molar-refractivity contribution is -0.141. The van der Waals surface area contributed by atoms with Crippen LogP contribution in [0.5, 0.6) is 0 Å². The van der Waals surface area contributed by atoms with E-state index in [0.717, 1.165) is 36.9 Å². The zero-order valence-corrected chi connectivity index (χ0v) is 21.3. The second-order valence-corrected chi connectivity index (χ2v) is 10.2. The molecule has 1 amide bonds. The van der Waals surface area contributed by atoms with Gasteiger partial charge in [-0.3, -0.25) is 19.2 Å². The third kappa shape index (κ3) is 6.62. The van der Waals surface area contributed by atoms with Gasteiger partial charge >= 0.3 is 5.97 Å². The Balaban J connectivity index is 1.51. The van der Waals surface area contributed by atoms with Crippen LogP contribution in [-0.4, -0.2) is 65.3 Å². The molecule has 1 aliphatic heterocycles. The molecule has 196 valence electrons. The number of nitrogens with zero attached hydrogens (tertiary/aromatic N) is 3. The van der Waals surface area contributed by atoms with Gasteiger partial charge < -0.3 is 10.1 Å². The Morgan fingerprint density at radius 1 is 1.25 bits per heavy atom. The van der Waals surface area contributed by atoms with Gasteiger partial charge in [-0.2, -0.15) is 5.10 Å². The van der Waals surface area contributed by atoms with Crippen molar-refractivity contribution in [2.24, 2.45) is 0 Å². The number of benzene rings is 1. The maximum atomic E-state index is 13.8. The molecule has 2 aliphatic rings. The Morgan fingerprint density at radius 2 is 2.00 bits per heavy atom. The number of nitrogens with one attached hydrogen (secondary N) is 1. The van der Waals surface area contributed by atoms with Crippen LogP contribution in [0.1, 0.15) is 67.9 Å². The van der Waals surface area contributed by atoms with Crippen molar-refractivity contribution in [3.05, 3.63) is 41.0 Å². The summed E-state index contributed by atoms with van der Waals surface area (Å²) in [6, 6.07) is 8.80. The summed E-state index contributed by atoms with van der Waals surface area (Å²) < 4.78 is 34.3. The summed E-state index contributed by atoms with van der Waals surface area (Å²) in [5.41, 5.74) is 1.81. The number of carbonyl (C=O) groups excluding carboxylic acids is 2. The molecule has 7 nitrogen and oxygen atoms in total. The summed E-state index contributed by atoms with van der Waals surface area (Å²) in [6.07, 6.45) is 4.77. The number of likely N-dealkylation sites (tertiary alicyclic amines) is 1. The highest BCUT2D eigenvalue weighted by atomic mass is 35.5. The van der Waals surface area contributed by atoms with E-state index in [-0.39, 0.29) is 31.1 Å². The summed E-state index contributed by atoms with van der Waals surface area (Å²) in [4.78, 5) is 27.0. The van der Waals surface area contributed by atoms with Crippen molar-refractivity contribution in [3.63, 3.8) is 0 Å². The molecule has 1 aliphatic carbocycles. The van der Waals surface area contributed by atoms with Crippen LogP contribution in [0.15, 0.2) is 30.3 Å². The number of ether oxygens (including phenoxy) is 1. The number of piperidine rings is 1. The van der Waals surface area contributed by atoms with Gasteiger partial charge in [-0.15, -0.1) is 0 Å². The van der Waals surface area contributed by atoms with E-state index in [1.54, 1.807) is 17.0 Å². The SMILES string of the molecule is COC(=O)CC(CCN1CCCC(F)(F)C1)NC(=O)c1cc(-c2ccccc2Cl)n(C2CCCC2)n1. The van der Waals surface area contributed by atoms with Crippen LogP contribution in [0.4, 0.5) is 8.78 Å². The normalized spacial score (nSPS) is 19.2. The van der Waals surface area contributed by atoms with Crippen molar-refractivity contribution in [2.45, 2.75) is 69.4 Å². The first-order chi connectivity index (χ1) is 17.3. The van der Waals surface area contributed by atoms with E-state index in [1.165, 1.54) is 7.11 Å². The van der Waals surface area contributed by atoms with Gasteiger partial charge in [-0.1, -0.05) is 42.6 Å². The van der Waals surface area contributed by atoms with Crippen molar-refractivity contribution < 1.29 is 23.1 Å². The maximum absolute atomic E-state index is 13.8. The zero-order chi connectivity index (χ0) is 25.7. The Kier molecular flexibility index (Phi) is 8.62. The molecule has 2 aromatic rings. The molecule has 1 N–H and O–H groups in total. The number of amides is 1. The molecule has 1 aromatic heterocycles. The molecule has 1 aromatic carbocycles. The predicted octanol–water partition coefficient (Wildman–Crippen LogP) is 5.10. The van der Waals surface area contributed by atoms with E-state index in [4.69, 9.17) is 16.3 Å². The van der Waals surface area contributed by atoms with Crippen LogP contribution < -0.4 is 5.32 Å². The minimum atomic E-state index is -2.71. The van der Waals surface area contributed by atoms with Gasteiger partial charge in [-0.05, 0) is 44.4 Å². The van der Waals surface area contributed by atoms with Crippen LogP contribution in [-0.2, 0) is 9.53 Å². The van der Waals surface area contributed by atoms with E-state index in [9.17, 15) is 18.4 Å². The summed E-state index contributed by atoms with van der Waals surface area (Å²) in [7, 11) is 1.28. The van der Waals surface area contributed by atoms with Crippen molar-refractivity contribution >= 4 is 23.5 Å². The second kappa shape index (κ2) is 11.7. The third-order valence-electron chi connectivity index (χ3n) is 7.03. The molecular weight excluding hydrogens is 490 g/mol. The van der Waals surface area contributed by atoms with Crippen LogP contribution >= 0.6 is 11.6 Å². The predicted molar refractivity (Wildman–Crippen MR) is 133 cm³/mol. The molecule has 0 spiro atoms. The first-order valence-corrected chi connectivity index (χ1v) is 13.0. The lowest BCUT2D eigenvalue weighted by atomic mass is 10.1. The Hall–Kier alpha value is -2.52. The second-order valence-electron chi connectivity index (χ2n) is 9.75. The molecule has 2 fully saturated rings. The summed E-state index contributed by atoms with van der Waals surface area (Å²) in [6.45, 7) is 0.610. The number of hydrogen-bond acceptors (Lipinski definition) is 5. The summed E-state index contributed by atoms with van der Waals surface area (Å²) in [5, 5.41) is 8.12. The molecule has 36 heavy (non-hydrogen) atoms. The van der Waals surface area contributed by atoms with Gasteiger partial charge in [0, 0.05) is 29.6 Å². The topological polar surface area (TPSA) is 76.5 Å². The number of esters is 1. The van der Waals surface area contributed by atoms with Gasteiger partial charge in [0.15, 0.2) is 5.69 Å². The fourth-order valence-electron chi connectivity index (χ4n) is 5.15. The number of rotatable bonds is 9. The molecule has 1 saturated carbocycles. The molecule has 1 unspecified atom stereocenters. The lowest BCUT2D eigenvalue weighted by Crippen LogP contribution is -2.45. The van der Waals surface area contributed by atoms with Gasteiger partial charge in [0.05, 0.1) is 31.8 Å². The van der Waals surface area contributed by atoms with E-state index >= 15 is 0 Å². The van der Waals surface area contributed by atoms with Gasteiger partial charge in [-0.25, -0.2) is 8.78 Å². The Bertz CT molecular complexity index is 1070. The number of aromatic nitrogens is 2. The number of halogens is 3.